The fraction of sp³-hybridized carbons (Fsp3) is 0.125. The van der Waals surface area contributed by atoms with Crippen molar-refractivity contribution in [3.8, 4) is 5.75 Å². The minimum Gasteiger partial charge on any atom is -0.446 e. The van der Waals surface area contributed by atoms with Crippen molar-refractivity contribution in [3.63, 3.8) is 0 Å². The topological polar surface area (TPSA) is 52.6 Å². The number of hydrogen-bond acceptors (Lipinski definition) is 4. The molecule has 108 valence electrons. The predicted molar refractivity (Wildman–Crippen MR) is 73.0 cm³/mol. The maximum Gasteiger partial charge on any atom is 0.357 e. The first-order chi connectivity index (χ1) is 10.1. The summed E-state index contributed by atoms with van der Waals surface area (Å²) in [6.07, 6.45) is -1.23. The molecule has 0 aliphatic heterocycles. The predicted octanol–water partition coefficient (Wildman–Crippen LogP) is 3.04. The highest BCUT2D eigenvalue weighted by Crippen LogP contribution is 2.23. The molecular weight excluding hydrogens is 275 g/mol. The van der Waals surface area contributed by atoms with Crippen molar-refractivity contribution < 1.29 is 23.5 Å². The number of esters is 2. The van der Waals surface area contributed by atoms with E-state index in [0.717, 1.165) is 0 Å². The van der Waals surface area contributed by atoms with Crippen molar-refractivity contribution in [2.75, 3.05) is 0 Å². The SMILES string of the molecule is CC(=O)O[C@@H](C(=O)Oc1ccccc1F)c1ccccc1. The molecule has 5 heteroatoms. The van der Waals surface area contributed by atoms with Gasteiger partial charge in [-0.15, -0.1) is 0 Å². The summed E-state index contributed by atoms with van der Waals surface area (Å²) in [5.74, 6) is -2.37. The monoisotopic (exact) mass is 288 g/mol. The van der Waals surface area contributed by atoms with E-state index in [-0.39, 0.29) is 5.75 Å². The lowest BCUT2D eigenvalue weighted by Crippen LogP contribution is -2.23. The van der Waals surface area contributed by atoms with Crippen molar-refractivity contribution >= 4 is 11.9 Å². The number of carbonyl (C=O) groups excluding carboxylic acids is 2. The van der Waals surface area contributed by atoms with E-state index in [1.807, 2.05) is 0 Å². The van der Waals surface area contributed by atoms with E-state index in [1.165, 1.54) is 31.2 Å². The largest absolute Gasteiger partial charge is 0.446 e. The van der Waals surface area contributed by atoms with Gasteiger partial charge in [-0.25, -0.2) is 9.18 Å². The highest BCUT2D eigenvalue weighted by atomic mass is 19.1. The molecule has 0 amide bonds. The van der Waals surface area contributed by atoms with E-state index >= 15 is 0 Å². The van der Waals surface area contributed by atoms with Crippen LogP contribution in [0.25, 0.3) is 0 Å². The van der Waals surface area contributed by atoms with Crippen LogP contribution < -0.4 is 4.74 Å². The van der Waals surface area contributed by atoms with Crippen LogP contribution in [0.1, 0.15) is 18.6 Å². The van der Waals surface area contributed by atoms with Crippen LogP contribution in [0.4, 0.5) is 4.39 Å². The van der Waals surface area contributed by atoms with Gasteiger partial charge < -0.3 is 9.47 Å². The molecular formula is C16H13FO4. The molecule has 2 aromatic rings. The van der Waals surface area contributed by atoms with E-state index in [4.69, 9.17) is 9.47 Å². The molecule has 0 unspecified atom stereocenters. The molecule has 0 aliphatic rings. The van der Waals surface area contributed by atoms with Crippen LogP contribution >= 0.6 is 0 Å². The van der Waals surface area contributed by atoms with Crippen molar-refractivity contribution in [3.05, 3.63) is 66.0 Å². The standard InChI is InChI=1S/C16H13FO4/c1-11(18)20-15(12-7-3-2-4-8-12)16(19)21-14-10-6-5-9-13(14)17/h2-10,15H,1H3/t15-/m1/s1. The summed E-state index contributed by atoms with van der Waals surface area (Å²) in [6, 6.07) is 13.9. The lowest BCUT2D eigenvalue weighted by Gasteiger charge is -2.16. The van der Waals surface area contributed by atoms with Crippen LogP contribution in [0.15, 0.2) is 54.6 Å². The zero-order valence-electron chi connectivity index (χ0n) is 11.3. The second-order valence-corrected chi connectivity index (χ2v) is 4.25. The summed E-state index contributed by atoms with van der Waals surface area (Å²) in [6.45, 7) is 1.19. The zero-order valence-corrected chi connectivity index (χ0v) is 11.3. The Kier molecular flexibility index (Phi) is 4.66. The van der Waals surface area contributed by atoms with Gasteiger partial charge in [-0.2, -0.15) is 0 Å². The Labute approximate surface area is 121 Å². The Hall–Kier alpha value is -2.69. The Morgan fingerprint density at radius 1 is 1.00 bits per heavy atom. The first-order valence-electron chi connectivity index (χ1n) is 6.26. The van der Waals surface area contributed by atoms with Crippen molar-refractivity contribution in [2.24, 2.45) is 0 Å². The van der Waals surface area contributed by atoms with E-state index in [9.17, 15) is 14.0 Å². The van der Waals surface area contributed by atoms with Crippen molar-refractivity contribution in [2.45, 2.75) is 13.0 Å². The third kappa shape index (κ3) is 3.89. The lowest BCUT2D eigenvalue weighted by molar-refractivity contribution is -0.161. The summed E-state index contributed by atoms with van der Waals surface area (Å²) in [7, 11) is 0. The molecule has 0 saturated carbocycles. The van der Waals surface area contributed by atoms with Crippen LogP contribution in [0.2, 0.25) is 0 Å². The number of ether oxygens (including phenoxy) is 2. The number of para-hydroxylation sites is 1. The van der Waals surface area contributed by atoms with Crippen LogP contribution in [-0.2, 0) is 14.3 Å². The number of carbonyl (C=O) groups is 2. The Morgan fingerprint density at radius 2 is 1.62 bits per heavy atom. The van der Waals surface area contributed by atoms with Gasteiger partial charge in [0.15, 0.2) is 11.6 Å². The van der Waals surface area contributed by atoms with Gasteiger partial charge in [-0.3, -0.25) is 4.79 Å². The smallest absolute Gasteiger partial charge is 0.357 e. The zero-order chi connectivity index (χ0) is 15.2. The molecule has 0 fully saturated rings. The van der Waals surface area contributed by atoms with Crippen LogP contribution in [0.5, 0.6) is 5.75 Å². The molecule has 0 aromatic heterocycles. The Bertz CT molecular complexity index is 640. The third-order valence-corrected chi connectivity index (χ3v) is 2.65. The van der Waals surface area contributed by atoms with Gasteiger partial charge >= 0.3 is 11.9 Å². The molecule has 2 aromatic carbocycles. The minimum absolute atomic E-state index is 0.212. The molecule has 0 N–H and O–H groups in total. The molecule has 1 atom stereocenters. The van der Waals surface area contributed by atoms with Crippen molar-refractivity contribution in [1.82, 2.24) is 0 Å². The molecule has 2 rings (SSSR count). The average Bonchev–Trinajstić information content (AvgIpc) is 2.48. The fourth-order valence-electron chi connectivity index (χ4n) is 1.74. The summed E-state index contributed by atoms with van der Waals surface area (Å²) in [4.78, 5) is 23.3. The Balaban J connectivity index is 2.23. The number of halogens is 1. The van der Waals surface area contributed by atoms with Crippen LogP contribution in [-0.4, -0.2) is 11.9 Å². The summed E-state index contributed by atoms with van der Waals surface area (Å²) < 4.78 is 23.4. The van der Waals surface area contributed by atoms with E-state index in [0.29, 0.717) is 5.56 Å². The van der Waals surface area contributed by atoms with Gasteiger partial charge in [0.25, 0.3) is 0 Å². The van der Waals surface area contributed by atoms with Gasteiger partial charge in [0, 0.05) is 12.5 Å². The second-order valence-electron chi connectivity index (χ2n) is 4.25. The summed E-state index contributed by atoms with van der Waals surface area (Å²) in [5.41, 5.74) is 0.453. The highest BCUT2D eigenvalue weighted by molar-refractivity contribution is 5.81. The van der Waals surface area contributed by atoms with Gasteiger partial charge in [-0.05, 0) is 12.1 Å². The van der Waals surface area contributed by atoms with Crippen LogP contribution in [0, 0.1) is 5.82 Å². The molecule has 0 radical (unpaired) electrons. The molecule has 0 bridgehead atoms. The summed E-state index contributed by atoms with van der Waals surface area (Å²) >= 11 is 0. The fourth-order valence-corrected chi connectivity index (χ4v) is 1.74. The Morgan fingerprint density at radius 3 is 2.24 bits per heavy atom. The van der Waals surface area contributed by atoms with E-state index < -0.39 is 23.9 Å². The highest BCUT2D eigenvalue weighted by Gasteiger charge is 2.26. The van der Waals surface area contributed by atoms with Gasteiger partial charge in [0.05, 0.1) is 0 Å². The number of benzene rings is 2. The lowest BCUT2D eigenvalue weighted by atomic mass is 10.1. The quantitative estimate of drug-likeness (QED) is 0.641. The van der Waals surface area contributed by atoms with Gasteiger partial charge in [0.1, 0.15) is 0 Å². The molecule has 0 aliphatic carbocycles. The molecule has 4 nitrogen and oxygen atoms in total. The summed E-state index contributed by atoms with van der Waals surface area (Å²) in [5, 5.41) is 0. The van der Waals surface area contributed by atoms with Gasteiger partial charge in [0.2, 0.25) is 6.10 Å². The molecule has 21 heavy (non-hydrogen) atoms. The van der Waals surface area contributed by atoms with Gasteiger partial charge in [-0.1, -0.05) is 42.5 Å². The molecule has 0 saturated heterocycles. The number of rotatable bonds is 4. The van der Waals surface area contributed by atoms with E-state index in [2.05, 4.69) is 0 Å². The minimum atomic E-state index is -1.23. The number of hydrogen-bond donors (Lipinski definition) is 0. The molecule has 0 heterocycles. The average molecular weight is 288 g/mol. The van der Waals surface area contributed by atoms with Crippen molar-refractivity contribution in [1.29, 1.82) is 0 Å². The third-order valence-electron chi connectivity index (χ3n) is 2.65. The van der Waals surface area contributed by atoms with E-state index in [1.54, 1.807) is 30.3 Å². The normalized spacial score (nSPS) is 11.5. The van der Waals surface area contributed by atoms with Crippen LogP contribution in [0.3, 0.4) is 0 Å². The maximum absolute atomic E-state index is 13.5. The first kappa shape index (κ1) is 14.7. The maximum atomic E-state index is 13.5. The first-order valence-corrected chi connectivity index (χ1v) is 6.26. The second kappa shape index (κ2) is 6.65. The molecule has 0 spiro atoms.